The Morgan fingerprint density at radius 1 is 1.11 bits per heavy atom. The van der Waals surface area contributed by atoms with Crippen LogP contribution in [0.25, 0.3) is 22.2 Å². The van der Waals surface area contributed by atoms with E-state index in [1.54, 1.807) is 20.0 Å². The van der Waals surface area contributed by atoms with E-state index in [0.29, 0.717) is 11.3 Å². The minimum atomic E-state index is -0.431. The van der Waals surface area contributed by atoms with E-state index in [4.69, 9.17) is 9.72 Å². The number of hydrogen-bond donors (Lipinski definition) is 0. The summed E-state index contributed by atoms with van der Waals surface area (Å²) in [5.74, 6) is -0.681. The molecule has 1 heterocycles. The van der Waals surface area contributed by atoms with Crippen molar-refractivity contribution in [3.05, 3.63) is 64.6 Å². The van der Waals surface area contributed by atoms with Gasteiger partial charge in [-0.15, -0.1) is 0 Å². The van der Waals surface area contributed by atoms with Crippen LogP contribution < -0.4 is 0 Å². The SMILES string of the molecule is CCOC(=O)CN(C)C(=O)c1cc(-c2ccc(Br)cc2)nc2ccccc12. The molecule has 3 aromatic rings. The van der Waals surface area contributed by atoms with Crippen LogP contribution in [0.1, 0.15) is 17.3 Å². The average Bonchev–Trinajstić information content (AvgIpc) is 2.67. The molecule has 0 aliphatic heterocycles. The van der Waals surface area contributed by atoms with Crippen LogP contribution >= 0.6 is 15.9 Å². The summed E-state index contributed by atoms with van der Waals surface area (Å²) >= 11 is 3.43. The Balaban J connectivity index is 2.04. The summed E-state index contributed by atoms with van der Waals surface area (Å²) in [7, 11) is 1.59. The van der Waals surface area contributed by atoms with Crippen LogP contribution in [0.3, 0.4) is 0 Å². The Labute approximate surface area is 166 Å². The molecule has 0 aliphatic carbocycles. The fourth-order valence-electron chi connectivity index (χ4n) is 2.80. The molecule has 27 heavy (non-hydrogen) atoms. The lowest BCUT2D eigenvalue weighted by Gasteiger charge is -2.18. The summed E-state index contributed by atoms with van der Waals surface area (Å²) in [6, 6.07) is 17.0. The average molecular weight is 427 g/mol. The monoisotopic (exact) mass is 426 g/mol. The fraction of sp³-hybridized carbons (Fsp3) is 0.190. The van der Waals surface area contributed by atoms with Crippen molar-refractivity contribution >= 4 is 38.7 Å². The van der Waals surface area contributed by atoms with Crippen molar-refractivity contribution in [3.63, 3.8) is 0 Å². The summed E-state index contributed by atoms with van der Waals surface area (Å²) in [5.41, 5.74) is 2.84. The lowest BCUT2D eigenvalue weighted by Crippen LogP contribution is -2.33. The lowest BCUT2D eigenvalue weighted by molar-refractivity contribution is -0.143. The molecule has 0 fully saturated rings. The number of aromatic nitrogens is 1. The molecule has 5 nitrogen and oxygen atoms in total. The minimum Gasteiger partial charge on any atom is -0.465 e. The van der Waals surface area contributed by atoms with E-state index in [1.807, 2.05) is 48.5 Å². The van der Waals surface area contributed by atoms with Gasteiger partial charge in [-0.1, -0.05) is 46.3 Å². The highest BCUT2D eigenvalue weighted by molar-refractivity contribution is 9.10. The number of benzene rings is 2. The number of ether oxygens (including phenoxy) is 1. The molecule has 0 N–H and O–H groups in total. The van der Waals surface area contributed by atoms with E-state index in [-0.39, 0.29) is 19.1 Å². The topological polar surface area (TPSA) is 59.5 Å². The molecule has 0 radical (unpaired) electrons. The number of amides is 1. The van der Waals surface area contributed by atoms with Crippen LogP contribution in [0.5, 0.6) is 0 Å². The number of esters is 1. The number of rotatable bonds is 5. The van der Waals surface area contributed by atoms with E-state index in [2.05, 4.69) is 15.9 Å². The van der Waals surface area contributed by atoms with Gasteiger partial charge in [0.25, 0.3) is 5.91 Å². The first-order valence-electron chi connectivity index (χ1n) is 8.56. The Kier molecular flexibility index (Phi) is 5.86. The second-order valence-electron chi connectivity index (χ2n) is 6.05. The number of likely N-dealkylation sites (N-methyl/N-ethyl adjacent to an activating group) is 1. The van der Waals surface area contributed by atoms with Crippen LogP contribution in [-0.4, -0.2) is 42.0 Å². The van der Waals surface area contributed by atoms with Gasteiger partial charge in [0.2, 0.25) is 0 Å². The standard InChI is InChI=1S/C21H19BrN2O3/c1-3-27-20(25)13-24(2)21(26)17-12-19(14-8-10-15(22)11-9-14)23-18-7-5-4-6-16(17)18/h4-12H,3,13H2,1-2H3. The van der Waals surface area contributed by atoms with Crippen molar-refractivity contribution in [1.29, 1.82) is 0 Å². The summed E-state index contributed by atoms with van der Waals surface area (Å²) < 4.78 is 5.91. The molecule has 0 bridgehead atoms. The number of para-hydroxylation sites is 1. The molecule has 6 heteroatoms. The Hall–Kier alpha value is -2.73. The van der Waals surface area contributed by atoms with Gasteiger partial charge in [-0.2, -0.15) is 0 Å². The van der Waals surface area contributed by atoms with Crippen LogP contribution in [-0.2, 0) is 9.53 Å². The van der Waals surface area contributed by atoms with Crippen molar-refractivity contribution in [2.75, 3.05) is 20.2 Å². The van der Waals surface area contributed by atoms with Crippen molar-refractivity contribution in [3.8, 4) is 11.3 Å². The number of nitrogens with zero attached hydrogens (tertiary/aromatic N) is 2. The fourth-order valence-corrected chi connectivity index (χ4v) is 3.06. The van der Waals surface area contributed by atoms with Gasteiger partial charge in [-0.3, -0.25) is 9.59 Å². The molecule has 0 saturated carbocycles. The maximum Gasteiger partial charge on any atom is 0.325 e. The van der Waals surface area contributed by atoms with Gasteiger partial charge < -0.3 is 9.64 Å². The highest BCUT2D eigenvalue weighted by Crippen LogP contribution is 2.26. The van der Waals surface area contributed by atoms with E-state index in [0.717, 1.165) is 20.9 Å². The van der Waals surface area contributed by atoms with E-state index in [9.17, 15) is 9.59 Å². The van der Waals surface area contributed by atoms with E-state index >= 15 is 0 Å². The summed E-state index contributed by atoms with van der Waals surface area (Å²) in [6.45, 7) is 1.92. The minimum absolute atomic E-state index is 0.100. The second-order valence-corrected chi connectivity index (χ2v) is 6.96. The van der Waals surface area contributed by atoms with Crippen LogP contribution in [0.4, 0.5) is 0 Å². The predicted octanol–water partition coefficient (Wildman–Crippen LogP) is 4.30. The molecular weight excluding hydrogens is 408 g/mol. The Morgan fingerprint density at radius 2 is 1.81 bits per heavy atom. The molecule has 0 saturated heterocycles. The molecule has 1 aromatic heterocycles. The third kappa shape index (κ3) is 4.34. The molecule has 138 valence electrons. The van der Waals surface area contributed by atoms with Gasteiger partial charge in [-0.25, -0.2) is 4.98 Å². The Morgan fingerprint density at radius 3 is 2.52 bits per heavy atom. The summed E-state index contributed by atoms with van der Waals surface area (Å²) in [6.07, 6.45) is 0. The van der Waals surface area contributed by atoms with Crippen molar-refractivity contribution < 1.29 is 14.3 Å². The maximum absolute atomic E-state index is 13.0. The number of hydrogen-bond acceptors (Lipinski definition) is 4. The molecule has 0 aliphatic rings. The Bertz CT molecular complexity index is 986. The summed E-state index contributed by atoms with van der Waals surface area (Å²) in [4.78, 5) is 30.8. The van der Waals surface area contributed by atoms with Crippen LogP contribution in [0.2, 0.25) is 0 Å². The zero-order valence-electron chi connectivity index (χ0n) is 15.1. The zero-order valence-corrected chi connectivity index (χ0v) is 16.7. The van der Waals surface area contributed by atoms with Gasteiger partial charge in [0.15, 0.2) is 0 Å². The molecular formula is C21H19BrN2O3. The first-order valence-corrected chi connectivity index (χ1v) is 9.35. The molecule has 3 rings (SSSR count). The number of fused-ring (bicyclic) bond motifs is 1. The van der Waals surface area contributed by atoms with Gasteiger partial charge in [0.05, 0.1) is 23.4 Å². The molecule has 0 atom stereocenters. The molecule has 1 amide bonds. The number of carbonyl (C=O) groups is 2. The molecule has 0 unspecified atom stereocenters. The van der Waals surface area contributed by atoms with Gasteiger partial charge in [0, 0.05) is 22.5 Å². The van der Waals surface area contributed by atoms with E-state index in [1.165, 1.54) is 4.90 Å². The largest absolute Gasteiger partial charge is 0.465 e. The highest BCUT2D eigenvalue weighted by atomic mass is 79.9. The van der Waals surface area contributed by atoms with E-state index < -0.39 is 5.97 Å². The lowest BCUT2D eigenvalue weighted by atomic mass is 10.0. The maximum atomic E-state index is 13.0. The van der Waals surface area contributed by atoms with Crippen LogP contribution in [0, 0.1) is 0 Å². The van der Waals surface area contributed by atoms with Gasteiger partial charge in [-0.05, 0) is 31.2 Å². The number of halogens is 1. The zero-order chi connectivity index (χ0) is 19.4. The normalized spacial score (nSPS) is 10.6. The first-order chi connectivity index (χ1) is 13.0. The van der Waals surface area contributed by atoms with Crippen molar-refractivity contribution in [1.82, 2.24) is 9.88 Å². The van der Waals surface area contributed by atoms with Crippen LogP contribution in [0.15, 0.2) is 59.1 Å². The second kappa shape index (κ2) is 8.31. The highest BCUT2D eigenvalue weighted by Gasteiger charge is 2.19. The smallest absolute Gasteiger partial charge is 0.325 e. The summed E-state index contributed by atoms with van der Waals surface area (Å²) in [5, 5.41) is 0.749. The number of pyridine rings is 1. The van der Waals surface area contributed by atoms with Crippen molar-refractivity contribution in [2.24, 2.45) is 0 Å². The molecule has 0 spiro atoms. The third-order valence-corrected chi connectivity index (χ3v) is 4.63. The van der Waals surface area contributed by atoms with Gasteiger partial charge >= 0.3 is 5.97 Å². The molecule has 2 aromatic carbocycles. The predicted molar refractivity (Wildman–Crippen MR) is 108 cm³/mol. The quantitative estimate of drug-likeness (QED) is 0.570. The van der Waals surface area contributed by atoms with Crippen molar-refractivity contribution in [2.45, 2.75) is 6.92 Å². The van der Waals surface area contributed by atoms with Gasteiger partial charge in [0.1, 0.15) is 6.54 Å². The third-order valence-electron chi connectivity index (χ3n) is 4.10. The first kappa shape index (κ1) is 19.0. The number of carbonyl (C=O) groups excluding carboxylic acids is 2.